The minimum Gasteiger partial charge on any atom is -0.374 e. The zero-order chi connectivity index (χ0) is 17.1. The molecule has 6 nitrogen and oxygen atoms in total. The Labute approximate surface area is 143 Å². The molecular formula is C17H15N5OS. The summed E-state index contributed by atoms with van der Waals surface area (Å²) in [5.74, 6) is 0. The van der Waals surface area contributed by atoms with Crippen molar-refractivity contribution in [3.8, 4) is 11.1 Å². The molecule has 0 saturated heterocycles. The number of H-pyrrole nitrogens is 1. The van der Waals surface area contributed by atoms with Crippen molar-refractivity contribution in [3.63, 3.8) is 0 Å². The number of nitrogens with two attached hydrogens (primary N) is 1. The normalized spacial score (nSPS) is 11.0. The minimum absolute atomic E-state index is 0.0609. The van der Waals surface area contributed by atoms with Crippen LogP contribution in [0.3, 0.4) is 0 Å². The van der Waals surface area contributed by atoms with Gasteiger partial charge in [-0.15, -0.1) is 10.2 Å². The Morgan fingerprint density at radius 1 is 1.08 bits per heavy atom. The number of aryl methyl sites for hydroxylation is 1. The average molecular weight is 337 g/mol. The zero-order valence-electron chi connectivity index (χ0n) is 12.9. The van der Waals surface area contributed by atoms with Crippen LogP contribution in [0.2, 0.25) is 0 Å². The van der Waals surface area contributed by atoms with Crippen molar-refractivity contribution in [3.05, 3.63) is 70.6 Å². The maximum Gasteiger partial charge on any atom is 0.301 e. The largest absolute Gasteiger partial charge is 0.374 e. The molecule has 1 heterocycles. The van der Waals surface area contributed by atoms with Crippen LogP contribution in [0.1, 0.15) is 5.69 Å². The molecule has 0 fully saturated rings. The number of aromatic nitrogens is 2. The molecule has 120 valence electrons. The maximum atomic E-state index is 12.2. The summed E-state index contributed by atoms with van der Waals surface area (Å²) in [4.78, 5) is 12.2. The lowest BCUT2D eigenvalue weighted by Gasteiger charge is -2.04. The second kappa shape index (κ2) is 6.59. The summed E-state index contributed by atoms with van der Waals surface area (Å²) in [5, 5.41) is 11.1. The second-order valence-corrected chi connectivity index (χ2v) is 5.57. The molecule has 1 aromatic heterocycles. The highest BCUT2D eigenvalue weighted by Crippen LogP contribution is 2.30. The molecular weight excluding hydrogens is 322 g/mol. The Bertz CT molecular complexity index is 972. The first-order valence-corrected chi connectivity index (χ1v) is 7.66. The van der Waals surface area contributed by atoms with Crippen LogP contribution in [0.5, 0.6) is 0 Å². The van der Waals surface area contributed by atoms with Crippen LogP contribution in [0, 0.1) is 6.92 Å². The van der Waals surface area contributed by atoms with E-state index in [1.165, 1.54) is 0 Å². The molecule has 0 spiro atoms. The van der Waals surface area contributed by atoms with E-state index in [0.29, 0.717) is 11.4 Å². The van der Waals surface area contributed by atoms with Crippen molar-refractivity contribution in [1.82, 2.24) is 9.78 Å². The fraction of sp³-hybridized carbons (Fsp3) is 0.0588. The van der Waals surface area contributed by atoms with E-state index in [2.05, 4.69) is 15.3 Å². The fourth-order valence-corrected chi connectivity index (χ4v) is 2.47. The quantitative estimate of drug-likeness (QED) is 0.564. The molecule has 0 bridgehead atoms. The molecule has 0 unspecified atom stereocenters. The monoisotopic (exact) mass is 337 g/mol. The Morgan fingerprint density at radius 2 is 1.75 bits per heavy atom. The Balaban J connectivity index is 2.03. The van der Waals surface area contributed by atoms with Crippen LogP contribution in [-0.2, 0) is 0 Å². The summed E-state index contributed by atoms with van der Waals surface area (Å²) in [6.07, 6.45) is 0. The van der Waals surface area contributed by atoms with Gasteiger partial charge in [0.1, 0.15) is 0 Å². The Kier molecular flexibility index (Phi) is 4.35. The van der Waals surface area contributed by atoms with Crippen LogP contribution in [0.4, 0.5) is 11.4 Å². The predicted octanol–water partition coefficient (Wildman–Crippen LogP) is 3.66. The average Bonchev–Trinajstić information content (AvgIpc) is 2.88. The van der Waals surface area contributed by atoms with E-state index in [-0.39, 0.29) is 10.8 Å². The van der Waals surface area contributed by atoms with Gasteiger partial charge in [0.15, 0.2) is 10.8 Å². The van der Waals surface area contributed by atoms with Gasteiger partial charge >= 0.3 is 5.56 Å². The van der Waals surface area contributed by atoms with E-state index < -0.39 is 5.56 Å². The molecule has 0 aliphatic heterocycles. The highest BCUT2D eigenvalue weighted by molar-refractivity contribution is 7.80. The van der Waals surface area contributed by atoms with Crippen LogP contribution < -0.4 is 11.3 Å². The van der Waals surface area contributed by atoms with Gasteiger partial charge in [0.2, 0.25) is 0 Å². The van der Waals surface area contributed by atoms with Crippen molar-refractivity contribution in [2.75, 3.05) is 0 Å². The maximum absolute atomic E-state index is 12.2. The van der Waals surface area contributed by atoms with Gasteiger partial charge in [-0.3, -0.25) is 9.89 Å². The van der Waals surface area contributed by atoms with E-state index in [0.717, 1.165) is 15.8 Å². The first-order chi connectivity index (χ1) is 11.6. The fourth-order valence-electron chi connectivity index (χ4n) is 2.34. The molecule has 7 heteroatoms. The van der Waals surface area contributed by atoms with Gasteiger partial charge < -0.3 is 5.73 Å². The first kappa shape index (κ1) is 15.8. The first-order valence-electron chi connectivity index (χ1n) is 7.25. The molecule has 0 aliphatic carbocycles. The van der Waals surface area contributed by atoms with Crippen LogP contribution in [0.25, 0.3) is 11.1 Å². The van der Waals surface area contributed by atoms with Gasteiger partial charge in [-0.2, -0.15) is 4.68 Å². The molecule has 3 rings (SSSR count). The van der Waals surface area contributed by atoms with Crippen molar-refractivity contribution in [2.45, 2.75) is 6.92 Å². The van der Waals surface area contributed by atoms with Gasteiger partial charge in [0.25, 0.3) is 0 Å². The van der Waals surface area contributed by atoms with Gasteiger partial charge in [-0.25, -0.2) is 0 Å². The minimum atomic E-state index is -0.416. The summed E-state index contributed by atoms with van der Waals surface area (Å²) in [7, 11) is 0. The van der Waals surface area contributed by atoms with Crippen LogP contribution >= 0.6 is 12.2 Å². The van der Waals surface area contributed by atoms with E-state index in [4.69, 9.17) is 18.0 Å². The van der Waals surface area contributed by atoms with E-state index in [1.54, 1.807) is 6.92 Å². The smallest absolute Gasteiger partial charge is 0.301 e. The molecule has 0 amide bonds. The second-order valence-electron chi connectivity index (χ2n) is 5.15. The number of hydrogen-bond acceptors (Lipinski definition) is 4. The SMILES string of the molecule is Cc1[nH]n(C(N)=S)c(=O)c1N=Nc1ccccc1-c1ccccc1. The van der Waals surface area contributed by atoms with Gasteiger partial charge in [0.05, 0.1) is 11.4 Å². The molecule has 0 radical (unpaired) electrons. The lowest BCUT2D eigenvalue weighted by Crippen LogP contribution is -2.29. The lowest BCUT2D eigenvalue weighted by molar-refractivity contribution is 0.889. The standard InChI is InChI=1S/C17H15N5OS/c1-11-15(16(23)22(21-11)17(18)24)20-19-14-10-6-5-9-13(14)12-7-3-2-4-8-12/h2-10,21H,1H3,(H2,18,24). The number of nitrogens with one attached hydrogen (secondary N) is 1. The van der Waals surface area contributed by atoms with Crippen molar-refractivity contribution in [2.24, 2.45) is 16.0 Å². The number of nitrogens with zero attached hydrogens (tertiary/aromatic N) is 3. The summed E-state index contributed by atoms with van der Waals surface area (Å²) in [6.45, 7) is 1.72. The summed E-state index contributed by atoms with van der Waals surface area (Å²) < 4.78 is 1.07. The van der Waals surface area contributed by atoms with Crippen LogP contribution in [0.15, 0.2) is 69.6 Å². The van der Waals surface area contributed by atoms with Crippen LogP contribution in [-0.4, -0.2) is 14.9 Å². The van der Waals surface area contributed by atoms with Gasteiger partial charge in [-0.05, 0) is 30.8 Å². The highest BCUT2D eigenvalue weighted by atomic mass is 32.1. The Hall–Kier alpha value is -3.06. The molecule has 3 aromatic rings. The van der Waals surface area contributed by atoms with E-state index in [9.17, 15) is 4.79 Å². The van der Waals surface area contributed by atoms with Gasteiger partial charge in [-0.1, -0.05) is 48.5 Å². The summed E-state index contributed by atoms with van der Waals surface area (Å²) >= 11 is 4.82. The molecule has 0 aliphatic rings. The summed E-state index contributed by atoms with van der Waals surface area (Å²) in [6, 6.07) is 17.5. The third kappa shape index (κ3) is 3.02. The number of aromatic amines is 1. The topological polar surface area (TPSA) is 88.5 Å². The summed E-state index contributed by atoms with van der Waals surface area (Å²) in [5.41, 5.74) is 8.45. The molecule has 0 atom stereocenters. The van der Waals surface area contributed by atoms with E-state index in [1.807, 2.05) is 54.6 Å². The molecule has 2 aromatic carbocycles. The number of thiocarbonyl (C=S) groups is 1. The third-order valence-electron chi connectivity index (χ3n) is 3.51. The number of rotatable bonds is 3. The molecule has 0 saturated carbocycles. The third-order valence-corrected chi connectivity index (χ3v) is 3.69. The lowest BCUT2D eigenvalue weighted by atomic mass is 10.0. The number of azo groups is 1. The van der Waals surface area contributed by atoms with Crippen molar-refractivity contribution in [1.29, 1.82) is 0 Å². The highest BCUT2D eigenvalue weighted by Gasteiger charge is 2.12. The van der Waals surface area contributed by atoms with Crippen molar-refractivity contribution >= 4 is 28.7 Å². The van der Waals surface area contributed by atoms with Crippen molar-refractivity contribution < 1.29 is 0 Å². The predicted molar refractivity (Wildman–Crippen MR) is 98.0 cm³/mol. The zero-order valence-corrected chi connectivity index (χ0v) is 13.7. The van der Waals surface area contributed by atoms with Gasteiger partial charge in [0, 0.05) is 5.56 Å². The Morgan fingerprint density at radius 3 is 2.42 bits per heavy atom. The van der Waals surface area contributed by atoms with E-state index >= 15 is 0 Å². The number of benzene rings is 2. The number of hydrogen-bond donors (Lipinski definition) is 2. The molecule has 3 N–H and O–H groups in total. The molecule has 24 heavy (non-hydrogen) atoms.